The summed E-state index contributed by atoms with van der Waals surface area (Å²) in [5, 5.41) is 4.01. The number of carbonyl (C=O) groups excluding carboxylic acids is 2. The minimum atomic E-state index is -0.570. The first-order valence-electron chi connectivity index (χ1n) is 11.4. The zero-order valence-electron chi connectivity index (χ0n) is 18.7. The van der Waals surface area contributed by atoms with Gasteiger partial charge in [0.25, 0.3) is 5.91 Å². The van der Waals surface area contributed by atoms with E-state index in [4.69, 9.17) is 9.47 Å². The van der Waals surface area contributed by atoms with E-state index in [0.717, 1.165) is 55.0 Å². The molecule has 2 amide bonds. The van der Waals surface area contributed by atoms with Crippen LogP contribution in [0.25, 0.3) is 10.9 Å². The summed E-state index contributed by atoms with van der Waals surface area (Å²) in [5.41, 5.74) is 3.35. The minimum Gasteiger partial charge on any atom is -0.479 e. The van der Waals surface area contributed by atoms with Gasteiger partial charge >= 0.3 is 0 Å². The molecule has 0 spiro atoms. The molecular weight excluding hydrogens is 420 g/mol. The van der Waals surface area contributed by atoms with Crippen molar-refractivity contribution in [3.05, 3.63) is 54.2 Å². The maximum absolute atomic E-state index is 12.8. The Morgan fingerprint density at radius 3 is 2.82 bits per heavy atom. The largest absolute Gasteiger partial charge is 0.479 e. The fourth-order valence-corrected chi connectivity index (χ4v) is 4.44. The summed E-state index contributed by atoms with van der Waals surface area (Å²) in [4.78, 5) is 32.8. The number of rotatable bonds is 6. The molecule has 1 saturated heterocycles. The van der Waals surface area contributed by atoms with Gasteiger partial charge in [0, 0.05) is 55.0 Å². The lowest BCUT2D eigenvalue weighted by molar-refractivity contribution is -0.125. The van der Waals surface area contributed by atoms with Gasteiger partial charge in [-0.05, 0) is 30.7 Å². The van der Waals surface area contributed by atoms with Crippen LogP contribution in [0.4, 0.5) is 11.4 Å². The van der Waals surface area contributed by atoms with Gasteiger partial charge in [-0.25, -0.2) is 0 Å². The number of nitrogens with one attached hydrogen (secondary N) is 2. The van der Waals surface area contributed by atoms with E-state index < -0.39 is 6.10 Å². The molecule has 0 aliphatic carbocycles. The van der Waals surface area contributed by atoms with Gasteiger partial charge in [-0.3, -0.25) is 14.5 Å². The van der Waals surface area contributed by atoms with Crippen molar-refractivity contribution < 1.29 is 19.1 Å². The van der Waals surface area contributed by atoms with Crippen molar-refractivity contribution in [1.29, 1.82) is 0 Å². The second-order valence-corrected chi connectivity index (χ2v) is 8.47. The molecule has 3 aromatic rings. The van der Waals surface area contributed by atoms with E-state index in [1.54, 1.807) is 17.9 Å². The number of morpholine rings is 1. The topological polar surface area (TPSA) is 86.9 Å². The van der Waals surface area contributed by atoms with Crippen molar-refractivity contribution in [2.75, 3.05) is 49.6 Å². The molecule has 2 aliphatic heterocycles. The summed E-state index contributed by atoms with van der Waals surface area (Å²) >= 11 is 0. The Morgan fingerprint density at radius 2 is 1.97 bits per heavy atom. The van der Waals surface area contributed by atoms with Gasteiger partial charge in [0.05, 0.1) is 25.3 Å². The molecule has 0 saturated carbocycles. The third-order valence-corrected chi connectivity index (χ3v) is 6.22. The van der Waals surface area contributed by atoms with Crippen LogP contribution in [0.2, 0.25) is 0 Å². The number of hydrogen-bond acceptors (Lipinski definition) is 5. The Kier molecular flexibility index (Phi) is 6.02. The second-order valence-electron chi connectivity index (χ2n) is 8.47. The number of amides is 2. The standard InChI is InChI=1S/C25H28N4O4/c1-17-25(31)29(9-8-28-10-12-32-13-11-28)22-7-6-19(15-23(22)33-17)27-24(30)14-18-16-26-21-5-3-2-4-20(18)21/h2-7,15-17,26H,8-14H2,1H3,(H,27,30). The van der Waals surface area contributed by atoms with E-state index in [-0.39, 0.29) is 18.2 Å². The van der Waals surface area contributed by atoms with Crippen LogP contribution in [0.3, 0.4) is 0 Å². The lowest BCUT2D eigenvalue weighted by Crippen LogP contribution is -2.48. The third kappa shape index (κ3) is 4.58. The molecule has 2 N–H and O–H groups in total. The fraction of sp³-hybridized carbons (Fsp3) is 0.360. The highest BCUT2D eigenvalue weighted by Gasteiger charge is 2.32. The first-order valence-corrected chi connectivity index (χ1v) is 11.4. The zero-order valence-corrected chi connectivity index (χ0v) is 18.7. The second kappa shape index (κ2) is 9.25. The lowest BCUT2D eigenvalue weighted by Gasteiger charge is -2.35. The Morgan fingerprint density at radius 1 is 1.15 bits per heavy atom. The van der Waals surface area contributed by atoms with Crippen molar-refractivity contribution in [3.8, 4) is 5.75 Å². The molecule has 8 nitrogen and oxygen atoms in total. The molecule has 2 aliphatic rings. The highest BCUT2D eigenvalue weighted by molar-refractivity contribution is 6.01. The Bertz CT molecular complexity index is 1170. The fourth-order valence-electron chi connectivity index (χ4n) is 4.44. The molecule has 1 unspecified atom stereocenters. The molecular formula is C25H28N4O4. The van der Waals surface area contributed by atoms with Gasteiger partial charge in [-0.15, -0.1) is 0 Å². The van der Waals surface area contributed by atoms with Gasteiger partial charge in [0.15, 0.2) is 6.10 Å². The Hall–Kier alpha value is -3.36. The summed E-state index contributed by atoms with van der Waals surface area (Å²) in [6, 6.07) is 13.4. The van der Waals surface area contributed by atoms with E-state index in [1.807, 2.05) is 42.6 Å². The van der Waals surface area contributed by atoms with E-state index in [9.17, 15) is 9.59 Å². The molecule has 0 radical (unpaired) electrons. The first kappa shape index (κ1) is 21.5. The molecule has 1 aromatic heterocycles. The molecule has 1 fully saturated rings. The average Bonchev–Trinajstić information content (AvgIpc) is 3.23. The van der Waals surface area contributed by atoms with Crippen LogP contribution in [-0.4, -0.2) is 67.2 Å². The number of aromatic nitrogens is 1. The Balaban J connectivity index is 1.28. The number of carbonyl (C=O) groups is 2. The highest BCUT2D eigenvalue weighted by atomic mass is 16.5. The van der Waals surface area contributed by atoms with E-state index in [2.05, 4.69) is 15.2 Å². The van der Waals surface area contributed by atoms with Crippen molar-refractivity contribution in [3.63, 3.8) is 0 Å². The van der Waals surface area contributed by atoms with Crippen LogP contribution in [-0.2, 0) is 20.7 Å². The highest BCUT2D eigenvalue weighted by Crippen LogP contribution is 2.36. The number of benzene rings is 2. The van der Waals surface area contributed by atoms with E-state index >= 15 is 0 Å². The number of hydrogen-bond donors (Lipinski definition) is 2. The van der Waals surface area contributed by atoms with Crippen LogP contribution < -0.4 is 15.0 Å². The molecule has 8 heteroatoms. The monoisotopic (exact) mass is 448 g/mol. The van der Waals surface area contributed by atoms with Crippen molar-refractivity contribution in [2.24, 2.45) is 0 Å². The van der Waals surface area contributed by atoms with Crippen LogP contribution in [0.1, 0.15) is 12.5 Å². The molecule has 2 aromatic carbocycles. The first-order chi connectivity index (χ1) is 16.1. The van der Waals surface area contributed by atoms with Gasteiger partial charge in [0.1, 0.15) is 5.75 Å². The molecule has 172 valence electrons. The molecule has 5 rings (SSSR count). The number of fused-ring (bicyclic) bond motifs is 2. The van der Waals surface area contributed by atoms with Gasteiger partial charge in [-0.1, -0.05) is 18.2 Å². The molecule has 0 bridgehead atoms. The number of nitrogens with zero attached hydrogens (tertiary/aromatic N) is 2. The van der Waals surface area contributed by atoms with Crippen LogP contribution in [0.15, 0.2) is 48.7 Å². The molecule has 1 atom stereocenters. The summed E-state index contributed by atoms with van der Waals surface area (Å²) in [7, 11) is 0. The lowest BCUT2D eigenvalue weighted by atomic mass is 10.1. The molecule has 3 heterocycles. The minimum absolute atomic E-state index is 0.0492. The van der Waals surface area contributed by atoms with Crippen LogP contribution in [0.5, 0.6) is 5.75 Å². The predicted octanol–water partition coefficient (Wildman–Crippen LogP) is 2.80. The summed E-state index contributed by atoms with van der Waals surface area (Å²) in [6.45, 7) is 6.34. The number of aromatic amines is 1. The van der Waals surface area contributed by atoms with Crippen LogP contribution in [0, 0.1) is 0 Å². The summed E-state index contributed by atoms with van der Waals surface area (Å²) in [5.74, 6) is 0.449. The van der Waals surface area contributed by atoms with Crippen molar-refractivity contribution in [2.45, 2.75) is 19.4 Å². The maximum atomic E-state index is 12.8. The van der Waals surface area contributed by atoms with Gasteiger partial charge in [-0.2, -0.15) is 0 Å². The van der Waals surface area contributed by atoms with E-state index in [1.165, 1.54) is 0 Å². The normalized spacial score (nSPS) is 18.8. The van der Waals surface area contributed by atoms with E-state index in [0.29, 0.717) is 18.0 Å². The SMILES string of the molecule is CC1Oc2cc(NC(=O)Cc3c[nH]c4ccccc34)ccc2N(CCN2CCOCC2)C1=O. The number of ether oxygens (including phenoxy) is 2. The smallest absolute Gasteiger partial charge is 0.267 e. The van der Waals surface area contributed by atoms with Gasteiger partial charge < -0.3 is 24.7 Å². The van der Waals surface area contributed by atoms with Crippen molar-refractivity contribution >= 4 is 34.1 Å². The number of H-pyrrole nitrogens is 1. The Labute approximate surface area is 192 Å². The summed E-state index contributed by atoms with van der Waals surface area (Å²) in [6.07, 6.45) is 1.57. The average molecular weight is 449 g/mol. The molecule has 33 heavy (non-hydrogen) atoms. The van der Waals surface area contributed by atoms with Gasteiger partial charge in [0.2, 0.25) is 5.91 Å². The summed E-state index contributed by atoms with van der Waals surface area (Å²) < 4.78 is 11.3. The predicted molar refractivity (Wildman–Crippen MR) is 127 cm³/mol. The number of anilines is 2. The maximum Gasteiger partial charge on any atom is 0.267 e. The third-order valence-electron chi connectivity index (χ3n) is 6.22. The number of para-hydroxylation sites is 1. The van der Waals surface area contributed by atoms with Crippen LogP contribution >= 0.6 is 0 Å². The quantitative estimate of drug-likeness (QED) is 0.606. The van der Waals surface area contributed by atoms with Crippen molar-refractivity contribution in [1.82, 2.24) is 9.88 Å². The zero-order chi connectivity index (χ0) is 22.8.